The molecule has 0 bridgehead atoms. The summed E-state index contributed by atoms with van der Waals surface area (Å²) in [6, 6.07) is 11.6. The molecule has 0 radical (unpaired) electrons. The van der Waals surface area contributed by atoms with E-state index >= 15 is 0 Å². The van der Waals surface area contributed by atoms with Crippen LogP contribution in [0.25, 0.3) is 0 Å². The van der Waals surface area contributed by atoms with Gasteiger partial charge in [0.2, 0.25) is 0 Å². The molecule has 2 heterocycles. The third kappa shape index (κ3) is 3.18. The van der Waals surface area contributed by atoms with Crippen molar-refractivity contribution >= 4 is 0 Å². The van der Waals surface area contributed by atoms with Crippen LogP contribution in [0, 0.1) is 5.92 Å². The first-order chi connectivity index (χ1) is 9.12. The number of nitrogens with zero attached hydrogens (tertiary/aromatic N) is 1. The molecule has 2 fully saturated rings. The maximum Gasteiger partial charge on any atom is 0.0233 e. The van der Waals surface area contributed by atoms with Crippen LogP contribution in [0.1, 0.15) is 38.7 Å². The normalized spacial score (nSPS) is 30.8. The van der Waals surface area contributed by atoms with E-state index in [-0.39, 0.29) is 0 Å². The van der Waals surface area contributed by atoms with Crippen molar-refractivity contribution in [1.82, 2.24) is 10.2 Å². The molecule has 1 aromatic carbocycles. The van der Waals surface area contributed by atoms with Gasteiger partial charge in [-0.05, 0) is 57.7 Å². The average molecular weight is 258 g/mol. The van der Waals surface area contributed by atoms with Gasteiger partial charge in [0, 0.05) is 18.1 Å². The fourth-order valence-electron chi connectivity index (χ4n) is 3.87. The lowest BCUT2D eigenvalue weighted by molar-refractivity contribution is 0.263. The van der Waals surface area contributed by atoms with E-state index in [0.717, 1.165) is 18.5 Å². The second kappa shape index (κ2) is 5.26. The van der Waals surface area contributed by atoms with E-state index in [2.05, 4.69) is 54.4 Å². The fraction of sp³-hybridized carbons (Fsp3) is 0.647. The molecule has 0 amide bonds. The predicted octanol–water partition coefficient (Wildman–Crippen LogP) is 3.04. The Balaban J connectivity index is 1.58. The molecule has 104 valence electrons. The number of fused-ring (bicyclic) bond motifs is 1. The van der Waals surface area contributed by atoms with Crippen LogP contribution in [0.4, 0.5) is 0 Å². The molecule has 2 unspecified atom stereocenters. The summed E-state index contributed by atoms with van der Waals surface area (Å²) >= 11 is 0. The van der Waals surface area contributed by atoms with Crippen LogP contribution in [0.2, 0.25) is 0 Å². The van der Waals surface area contributed by atoms with Gasteiger partial charge in [-0.3, -0.25) is 4.90 Å². The largest absolute Gasteiger partial charge is 0.309 e. The van der Waals surface area contributed by atoms with Gasteiger partial charge in [-0.25, -0.2) is 0 Å². The molecule has 1 N–H and O–H groups in total. The third-order valence-electron chi connectivity index (χ3n) is 4.74. The van der Waals surface area contributed by atoms with Gasteiger partial charge in [-0.15, -0.1) is 0 Å². The van der Waals surface area contributed by atoms with Gasteiger partial charge in [0.05, 0.1) is 0 Å². The highest BCUT2D eigenvalue weighted by molar-refractivity contribution is 5.14. The number of nitrogens with one attached hydrogen (secondary N) is 1. The molecular formula is C17H26N2. The number of rotatable bonds is 2. The van der Waals surface area contributed by atoms with Crippen molar-refractivity contribution in [3.05, 3.63) is 35.9 Å². The molecule has 0 saturated carbocycles. The maximum atomic E-state index is 3.83. The Morgan fingerprint density at radius 3 is 2.68 bits per heavy atom. The summed E-state index contributed by atoms with van der Waals surface area (Å²) in [6.45, 7) is 8.31. The summed E-state index contributed by atoms with van der Waals surface area (Å²) in [6.07, 6.45) is 4.01. The minimum Gasteiger partial charge on any atom is -0.309 e. The molecule has 2 saturated heterocycles. The molecule has 2 aliphatic rings. The van der Waals surface area contributed by atoms with Crippen molar-refractivity contribution in [2.24, 2.45) is 5.92 Å². The summed E-state index contributed by atoms with van der Waals surface area (Å²) < 4.78 is 0. The van der Waals surface area contributed by atoms with Crippen molar-refractivity contribution < 1.29 is 0 Å². The lowest BCUT2D eigenvalue weighted by Crippen LogP contribution is -2.38. The van der Waals surface area contributed by atoms with E-state index in [0.29, 0.717) is 5.54 Å². The van der Waals surface area contributed by atoms with Crippen LogP contribution in [0.3, 0.4) is 0 Å². The van der Waals surface area contributed by atoms with E-state index in [4.69, 9.17) is 0 Å². The zero-order chi connectivity index (χ0) is 13.3. The third-order valence-corrected chi connectivity index (χ3v) is 4.74. The summed E-state index contributed by atoms with van der Waals surface area (Å²) in [5.74, 6) is 0.885. The van der Waals surface area contributed by atoms with Crippen LogP contribution in [-0.2, 0) is 6.54 Å². The second-order valence-corrected chi connectivity index (χ2v) is 6.94. The number of hydrogen-bond acceptors (Lipinski definition) is 2. The number of benzene rings is 1. The van der Waals surface area contributed by atoms with E-state index in [1.165, 1.54) is 37.9 Å². The lowest BCUT2D eigenvalue weighted by Gasteiger charge is -2.23. The molecule has 19 heavy (non-hydrogen) atoms. The van der Waals surface area contributed by atoms with Gasteiger partial charge in [0.1, 0.15) is 0 Å². The van der Waals surface area contributed by atoms with Crippen molar-refractivity contribution in [2.75, 3.05) is 13.1 Å². The van der Waals surface area contributed by atoms with Crippen LogP contribution in [0.5, 0.6) is 0 Å². The summed E-state index contributed by atoms with van der Waals surface area (Å²) in [4.78, 5) is 2.63. The summed E-state index contributed by atoms with van der Waals surface area (Å²) in [5, 5.41) is 3.83. The zero-order valence-electron chi connectivity index (χ0n) is 12.2. The first-order valence-corrected chi connectivity index (χ1v) is 7.66. The number of likely N-dealkylation sites (tertiary alicyclic amines) is 1. The maximum absolute atomic E-state index is 3.83. The Bertz CT molecular complexity index is 395. The number of hydrogen-bond donors (Lipinski definition) is 1. The van der Waals surface area contributed by atoms with Crippen molar-refractivity contribution in [3.8, 4) is 0 Å². The molecule has 2 nitrogen and oxygen atoms in total. The van der Waals surface area contributed by atoms with Gasteiger partial charge in [-0.1, -0.05) is 30.3 Å². The van der Waals surface area contributed by atoms with Crippen molar-refractivity contribution in [1.29, 1.82) is 0 Å². The Labute approximate surface area is 117 Å². The smallest absolute Gasteiger partial charge is 0.0233 e. The Hall–Kier alpha value is -0.860. The molecule has 2 atom stereocenters. The summed E-state index contributed by atoms with van der Waals surface area (Å²) in [5.41, 5.74) is 1.81. The van der Waals surface area contributed by atoms with Gasteiger partial charge >= 0.3 is 0 Å². The van der Waals surface area contributed by atoms with E-state index in [9.17, 15) is 0 Å². The van der Waals surface area contributed by atoms with Crippen LogP contribution in [-0.4, -0.2) is 29.6 Å². The quantitative estimate of drug-likeness (QED) is 0.877. The highest BCUT2D eigenvalue weighted by Crippen LogP contribution is 2.34. The standard InChI is InChI=1S/C17H26N2/c1-17(2)12-15-8-10-19(11-9-16(15)18-17)13-14-6-4-3-5-7-14/h3-7,15-16,18H,8-13H2,1-2H3. The highest BCUT2D eigenvalue weighted by atomic mass is 15.1. The van der Waals surface area contributed by atoms with Gasteiger partial charge in [0.15, 0.2) is 0 Å². The van der Waals surface area contributed by atoms with E-state index < -0.39 is 0 Å². The minimum atomic E-state index is 0.358. The van der Waals surface area contributed by atoms with E-state index in [1.54, 1.807) is 0 Å². The van der Waals surface area contributed by atoms with Crippen LogP contribution < -0.4 is 5.32 Å². The Morgan fingerprint density at radius 2 is 1.89 bits per heavy atom. The fourth-order valence-corrected chi connectivity index (χ4v) is 3.87. The monoisotopic (exact) mass is 258 g/mol. The zero-order valence-corrected chi connectivity index (χ0v) is 12.2. The average Bonchev–Trinajstić information content (AvgIpc) is 2.57. The lowest BCUT2D eigenvalue weighted by atomic mass is 9.91. The molecule has 0 aliphatic carbocycles. The van der Waals surface area contributed by atoms with Gasteiger partial charge in [-0.2, -0.15) is 0 Å². The molecule has 0 aromatic heterocycles. The molecule has 2 aliphatic heterocycles. The molecule has 2 heteroatoms. The minimum absolute atomic E-state index is 0.358. The summed E-state index contributed by atoms with van der Waals surface area (Å²) in [7, 11) is 0. The van der Waals surface area contributed by atoms with Crippen LogP contribution in [0.15, 0.2) is 30.3 Å². The second-order valence-electron chi connectivity index (χ2n) is 6.94. The van der Waals surface area contributed by atoms with Crippen LogP contribution >= 0.6 is 0 Å². The molecular weight excluding hydrogens is 232 g/mol. The molecule has 1 aromatic rings. The molecule has 0 spiro atoms. The van der Waals surface area contributed by atoms with Crippen molar-refractivity contribution in [3.63, 3.8) is 0 Å². The van der Waals surface area contributed by atoms with Gasteiger partial charge in [0.25, 0.3) is 0 Å². The highest BCUT2D eigenvalue weighted by Gasteiger charge is 2.39. The van der Waals surface area contributed by atoms with Crippen molar-refractivity contribution in [2.45, 2.75) is 51.2 Å². The van der Waals surface area contributed by atoms with E-state index in [1.807, 2.05) is 0 Å². The first-order valence-electron chi connectivity index (χ1n) is 7.66. The Morgan fingerprint density at radius 1 is 1.16 bits per heavy atom. The first kappa shape index (κ1) is 13.1. The molecule has 3 rings (SSSR count). The SMILES string of the molecule is CC1(C)CC2CCN(Cc3ccccc3)CCC2N1. The Kier molecular flexibility index (Phi) is 3.64. The van der Waals surface area contributed by atoms with Gasteiger partial charge < -0.3 is 5.32 Å². The predicted molar refractivity (Wildman–Crippen MR) is 80.1 cm³/mol. The topological polar surface area (TPSA) is 15.3 Å².